The smallest absolute Gasteiger partial charge is 0.0547 e. The Bertz CT molecular complexity index is 2470. The van der Waals surface area contributed by atoms with Gasteiger partial charge in [0.2, 0.25) is 0 Å². The molecule has 0 fully saturated rings. The molecule has 2 heteroatoms. The number of para-hydroxylation sites is 1. The minimum absolute atomic E-state index is 1.09. The largest absolute Gasteiger partial charge is 0.310 e. The van der Waals surface area contributed by atoms with E-state index in [-0.39, 0.29) is 0 Å². The Morgan fingerprint density at radius 2 is 0.740 bits per heavy atom. The van der Waals surface area contributed by atoms with E-state index >= 15 is 0 Å². The van der Waals surface area contributed by atoms with Gasteiger partial charge in [-0.25, -0.2) is 0 Å². The third-order valence-electron chi connectivity index (χ3n) is 9.59. The van der Waals surface area contributed by atoms with Gasteiger partial charge in [0, 0.05) is 33.5 Å². The van der Waals surface area contributed by atoms with Crippen molar-refractivity contribution in [1.82, 2.24) is 4.57 Å². The first-order chi connectivity index (χ1) is 24.8. The van der Waals surface area contributed by atoms with Crippen molar-refractivity contribution in [2.75, 3.05) is 4.90 Å². The zero-order chi connectivity index (χ0) is 33.3. The van der Waals surface area contributed by atoms with Crippen LogP contribution in [0.2, 0.25) is 0 Å². The molecule has 0 aliphatic carbocycles. The quantitative estimate of drug-likeness (QED) is 0.169. The standard InChI is InChI=1S/C48H34N2/c1-4-13-35(14-5-1)38-23-28-41(29-24-38)49(42-30-25-39(26-31-42)36-15-6-2-7-16-36)43-19-12-20-44(34-43)50-47-22-11-10-21-45(47)46-32-27-40(33-48(46)50)37-17-8-3-9-18-37/h1-34H. The van der Waals surface area contributed by atoms with E-state index in [1.807, 2.05) is 0 Å². The Kier molecular flexibility index (Phi) is 7.53. The van der Waals surface area contributed by atoms with E-state index in [0.717, 1.165) is 22.7 Å². The Labute approximate surface area is 292 Å². The molecule has 9 aromatic rings. The van der Waals surface area contributed by atoms with Crippen LogP contribution in [0.15, 0.2) is 206 Å². The molecule has 0 N–H and O–H groups in total. The number of rotatable bonds is 7. The highest BCUT2D eigenvalue weighted by Gasteiger charge is 2.17. The molecule has 0 aliphatic heterocycles. The molecule has 8 aromatic carbocycles. The fourth-order valence-electron chi connectivity index (χ4n) is 7.14. The molecule has 0 saturated carbocycles. The van der Waals surface area contributed by atoms with Crippen LogP contribution >= 0.6 is 0 Å². The van der Waals surface area contributed by atoms with E-state index in [9.17, 15) is 0 Å². The van der Waals surface area contributed by atoms with Gasteiger partial charge in [-0.15, -0.1) is 0 Å². The first-order valence-corrected chi connectivity index (χ1v) is 17.1. The summed E-state index contributed by atoms with van der Waals surface area (Å²) in [5, 5.41) is 2.49. The molecule has 50 heavy (non-hydrogen) atoms. The molecule has 1 heterocycles. The minimum Gasteiger partial charge on any atom is -0.310 e. The van der Waals surface area contributed by atoms with Crippen molar-refractivity contribution in [1.29, 1.82) is 0 Å². The monoisotopic (exact) mass is 638 g/mol. The second-order valence-electron chi connectivity index (χ2n) is 12.6. The average molecular weight is 639 g/mol. The van der Waals surface area contributed by atoms with Gasteiger partial charge >= 0.3 is 0 Å². The summed E-state index contributed by atoms with van der Waals surface area (Å²) in [6.07, 6.45) is 0. The molecular formula is C48H34N2. The fourth-order valence-corrected chi connectivity index (χ4v) is 7.14. The lowest BCUT2D eigenvalue weighted by Gasteiger charge is -2.26. The molecule has 9 rings (SSSR count). The van der Waals surface area contributed by atoms with Crippen LogP contribution < -0.4 is 4.90 Å². The third kappa shape index (κ3) is 5.43. The van der Waals surface area contributed by atoms with Crippen LogP contribution in [-0.2, 0) is 0 Å². The number of fused-ring (bicyclic) bond motifs is 3. The molecular weight excluding hydrogens is 605 g/mol. The van der Waals surface area contributed by atoms with Crippen LogP contribution in [0.4, 0.5) is 17.1 Å². The van der Waals surface area contributed by atoms with Gasteiger partial charge in [0.15, 0.2) is 0 Å². The number of benzene rings is 8. The highest BCUT2D eigenvalue weighted by molar-refractivity contribution is 6.10. The number of nitrogens with zero attached hydrogens (tertiary/aromatic N) is 2. The van der Waals surface area contributed by atoms with E-state index in [1.165, 1.54) is 55.2 Å². The van der Waals surface area contributed by atoms with E-state index in [2.05, 4.69) is 216 Å². The molecule has 0 aliphatic rings. The molecule has 0 amide bonds. The zero-order valence-corrected chi connectivity index (χ0v) is 27.5. The maximum absolute atomic E-state index is 2.41. The highest BCUT2D eigenvalue weighted by atomic mass is 15.1. The second kappa shape index (κ2) is 12.8. The van der Waals surface area contributed by atoms with Gasteiger partial charge in [-0.05, 0) is 88.0 Å². The van der Waals surface area contributed by atoms with Crippen LogP contribution in [0.3, 0.4) is 0 Å². The molecule has 0 saturated heterocycles. The fraction of sp³-hybridized carbons (Fsp3) is 0. The maximum atomic E-state index is 2.41. The van der Waals surface area contributed by atoms with E-state index in [4.69, 9.17) is 0 Å². The molecule has 0 unspecified atom stereocenters. The van der Waals surface area contributed by atoms with Gasteiger partial charge in [-0.3, -0.25) is 0 Å². The summed E-state index contributed by atoms with van der Waals surface area (Å²) in [5.74, 6) is 0. The van der Waals surface area contributed by atoms with Crippen LogP contribution in [0.25, 0.3) is 60.9 Å². The second-order valence-corrected chi connectivity index (χ2v) is 12.6. The van der Waals surface area contributed by atoms with Gasteiger partial charge in [0.25, 0.3) is 0 Å². The molecule has 236 valence electrons. The van der Waals surface area contributed by atoms with Crippen molar-refractivity contribution in [2.45, 2.75) is 0 Å². The molecule has 2 nitrogen and oxygen atoms in total. The third-order valence-corrected chi connectivity index (χ3v) is 9.59. The molecule has 0 spiro atoms. The topological polar surface area (TPSA) is 8.17 Å². The number of anilines is 3. The van der Waals surface area contributed by atoms with E-state index in [1.54, 1.807) is 0 Å². The molecule has 1 aromatic heterocycles. The van der Waals surface area contributed by atoms with Crippen molar-refractivity contribution < 1.29 is 0 Å². The summed E-state index contributed by atoms with van der Waals surface area (Å²) in [6.45, 7) is 0. The lowest BCUT2D eigenvalue weighted by Crippen LogP contribution is -2.10. The average Bonchev–Trinajstić information content (AvgIpc) is 3.53. The first-order valence-electron chi connectivity index (χ1n) is 17.1. The minimum atomic E-state index is 1.09. The predicted octanol–water partition coefficient (Wildman–Crippen LogP) is 13.3. The number of hydrogen-bond donors (Lipinski definition) is 0. The van der Waals surface area contributed by atoms with Crippen molar-refractivity contribution >= 4 is 38.9 Å². The van der Waals surface area contributed by atoms with Crippen molar-refractivity contribution in [3.05, 3.63) is 206 Å². The van der Waals surface area contributed by atoms with Crippen molar-refractivity contribution in [3.8, 4) is 39.1 Å². The van der Waals surface area contributed by atoms with Crippen LogP contribution in [0, 0.1) is 0 Å². The van der Waals surface area contributed by atoms with Crippen LogP contribution in [-0.4, -0.2) is 4.57 Å². The summed E-state index contributed by atoms with van der Waals surface area (Å²) in [6, 6.07) is 74.1. The van der Waals surface area contributed by atoms with Gasteiger partial charge in [0.1, 0.15) is 0 Å². The van der Waals surface area contributed by atoms with Gasteiger partial charge in [-0.1, -0.05) is 152 Å². The Balaban J connectivity index is 1.20. The zero-order valence-electron chi connectivity index (χ0n) is 27.5. The predicted molar refractivity (Wildman–Crippen MR) is 212 cm³/mol. The molecule has 0 bridgehead atoms. The van der Waals surface area contributed by atoms with Gasteiger partial charge in [0.05, 0.1) is 11.0 Å². The number of aromatic nitrogens is 1. The first kappa shape index (κ1) is 29.5. The summed E-state index contributed by atoms with van der Waals surface area (Å²) < 4.78 is 2.41. The lowest BCUT2D eigenvalue weighted by molar-refractivity contribution is 1.17. The summed E-state index contributed by atoms with van der Waals surface area (Å²) >= 11 is 0. The molecule has 0 atom stereocenters. The SMILES string of the molecule is c1ccc(-c2ccc(N(c3ccc(-c4ccccc4)cc3)c3cccc(-n4c5ccccc5c5ccc(-c6ccccc6)cc54)c3)cc2)cc1. The highest BCUT2D eigenvalue weighted by Crippen LogP contribution is 2.40. The van der Waals surface area contributed by atoms with Crippen molar-refractivity contribution in [2.24, 2.45) is 0 Å². The lowest BCUT2D eigenvalue weighted by atomic mass is 10.0. The summed E-state index contributed by atoms with van der Waals surface area (Å²) in [5.41, 5.74) is 14.0. The van der Waals surface area contributed by atoms with E-state index in [0.29, 0.717) is 0 Å². The van der Waals surface area contributed by atoms with Crippen LogP contribution in [0.1, 0.15) is 0 Å². The summed E-state index contributed by atoms with van der Waals surface area (Å²) in [7, 11) is 0. The van der Waals surface area contributed by atoms with Crippen molar-refractivity contribution in [3.63, 3.8) is 0 Å². The maximum Gasteiger partial charge on any atom is 0.0547 e. The molecule has 0 radical (unpaired) electrons. The Hall–Kier alpha value is -6.64. The number of hydrogen-bond acceptors (Lipinski definition) is 1. The normalized spacial score (nSPS) is 11.2. The Morgan fingerprint density at radius 1 is 0.280 bits per heavy atom. The van der Waals surface area contributed by atoms with E-state index < -0.39 is 0 Å². The van der Waals surface area contributed by atoms with Gasteiger partial charge in [-0.2, -0.15) is 0 Å². The summed E-state index contributed by atoms with van der Waals surface area (Å²) in [4.78, 5) is 2.36. The van der Waals surface area contributed by atoms with Crippen LogP contribution in [0.5, 0.6) is 0 Å². The van der Waals surface area contributed by atoms with Gasteiger partial charge < -0.3 is 9.47 Å². The Morgan fingerprint density at radius 3 is 1.32 bits per heavy atom.